The van der Waals surface area contributed by atoms with Gasteiger partial charge in [-0.15, -0.1) is 10.2 Å². The molecule has 0 atom stereocenters. The number of amides is 1. The zero-order chi connectivity index (χ0) is 29.2. The quantitative estimate of drug-likeness (QED) is 0.0969. The van der Waals surface area contributed by atoms with Crippen LogP contribution in [0.1, 0.15) is 13.8 Å². The van der Waals surface area contributed by atoms with Gasteiger partial charge in [-0.2, -0.15) is 8.42 Å². The van der Waals surface area contributed by atoms with Crippen LogP contribution in [0.2, 0.25) is 0 Å². The molecule has 0 aliphatic rings. The van der Waals surface area contributed by atoms with E-state index in [1.807, 2.05) is 0 Å². The minimum absolute atomic E-state index is 0. The van der Waals surface area contributed by atoms with Crippen LogP contribution >= 0.6 is 0 Å². The number of benzene rings is 4. The largest absolute Gasteiger partial charge is 0.507 e. The van der Waals surface area contributed by atoms with Gasteiger partial charge in [0.25, 0.3) is 20.1 Å². The minimum Gasteiger partial charge on any atom is -0.507 e. The van der Waals surface area contributed by atoms with E-state index in [-0.39, 0.29) is 74.5 Å². The van der Waals surface area contributed by atoms with Gasteiger partial charge in [-0.1, -0.05) is 24.3 Å². The summed E-state index contributed by atoms with van der Waals surface area (Å²) in [5.74, 6) is -0.946. The fraction of sp³-hybridized carbons (Fsp3) is 0.115. The summed E-state index contributed by atoms with van der Waals surface area (Å²) in [5, 5.41) is 21.6. The van der Waals surface area contributed by atoms with Crippen molar-refractivity contribution in [1.29, 1.82) is 0 Å². The van der Waals surface area contributed by atoms with Crippen LogP contribution in [0, 0.1) is 0 Å². The van der Waals surface area contributed by atoms with E-state index in [1.54, 1.807) is 37.3 Å². The van der Waals surface area contributed by atoms with Crippen molar-refractivity contribution in [3.05, 3.63) is 72.8 Å². The van der Waals surface area contributed by atoms with Gasteiger partial charge in [0.2, 0.25) is 5.91 Å². The molecule has 0 saturated heterocycles. The minimum atomic E-state index is -4.61. The fourth-order valence-electron chi connectivity index (χ4n) is 4.06. The molecule has 4 aromatic rings. The Balaban J connectivity index is 0.00000462. The monoisotopic (exact) mass is 606 g/mol. The zero-order valence-electron chi connectivity index (χ0n) is 22.3. The van der Waals surface area contributed by atoms with Gasteiger partial charge in [0.1, 0.15) is 22.0 Å². The Morgan fingerprint density at radius 1 is 0.976 bits per heavy atom. The van der Waals surface area contributed by atoms with Crippen LogP contribution in [0.5, 0.6) is 5.75 Å². The number of nitrogens with one attached hydrogen (secondary N) is 1. The second-order valence-electron chi connectivity index (χ2n) is 8.59. The predicted molar refractivity (Wildman–Crippen MR) is 157 cm³/mol. The average molecular weight is 607 g/mol. The van der Waals surface area contributed by atoms with E-state index in [4.69, 9.17) is 5.73 Å². The Morgan fingerprint density at radius 2 is 1.66 bits per heavy atom. The molecule has 1 amide bonds. The molecule has 0 bridgehead atoms. The molecule has 0 aliphatic carbocycles. The molecule has 0 aliphatic heterocycles. The first-order valence-electron chi connectivity index (χ1n) is 11.8. The van der Waals surface area contributed by atoms with Gasteiger partial charge in [-0.3, -0.25) is 13.7 Å². The van der Waals surface area contributed by atoms with Gasteiger partial charge in [0, 0.05) is 54.8 Å². The van der Waals surface area contributed by atoms with Gasteiger partial charge in [-0.25, -0.2) is 8.42 Å². The molecule has 0 fully saturated rings. The number of para-hydroxylation sites is 1. The van der Waals surface area contributed by atoms with Crippen LogP contribution in [0.3, 0.4) is 0 Å². The van der Waals surface area contributed by atoms with Crippen LogP contribution in [0.25, 0.3) is 10.8 Å². The number of aromatic hydroxyl groups is 1. The number of nitrogens with zero attached hydrogens (tertiary/aromatic N) is 3. The number of rotatable bonds is 8. The maximum atomic E-state index is 13.9. The van der Waals surface area contributed by atoms with E-state index in [9.17, 15) is 31.3 Å². The third-order valence-electron chi connectivity index (χ3n) is 5.81. The molecule has 4 rings (SSSR count). The number of phenolic OH excluding ortho intramolecular Hbond substituents is 1. The van der Waals surface area contributed by atoms with Crippen molar-refractivity contribution in [2.24, 2.45) is 10.2 Å². The number of sulfonamides is 1. The van der Waals surface area contributed by atoms with Gasteiger partial charge < -0.3 is 16.2 Å². The molecule has 0 unspecified atom stereocenters. The van der Waals surface area contributed by atoms with E-state index in [2.05, 4.69) is 15.5 Å². The molecule has 1 radical (unpaired) electrons. The SMILES string of the molecule is CCN(c1ccccc1)S(=O)(=O)c1cc(NC(C)=O)ccc1N=Nc1c(N)ccc2cc(S(=O)(=O)O)cc(O)c12.[Na]. The van der Waals surface area contributed by atoms with E-state index in [1.165, 1.54) is 41.6 Å². The third-order valence-corrected chi connectivity index (χ3v) is 8.57. The molecule has 12 nitrogen and oxygen atoms in total. The molecule has 0 spiro atoms. The number of anilines is 3. The van der Waals surface area contributed by atoms with E-state index >= 15 is 0 Å². The average Bonchev–Trinajstić information content (AvgIpc) is 2.88. The maximum Gasteiger partial charge on any atom is 0.294 e. The van der Waals surface area contributed by atoms with E-state index in [0.717, 1.165) is 12.1 Å². The third kappa shape index (κ3) is 6.86. The van der Waals surface area contributed by atoms with Crippen molar-refractivity contribution in [1.82, 2.24) is 0 Å². The predicted octanol–water partition coefficient (Wildman–Crippen LogP) is 4.58. The maximum absolute atomic E-state index is 13.9. The first-order chi connectivity index (χ1) is 18.8. The van der Waals surface area contributed by atoms with Crippen molar-refractivity contribution in [3.8, 4) is 5.75 Å². The normalized spacial score (nSPS) is 11.8. The molecule has 41 heavy (non-hydrogen) atoms. The second-order valence-corrected chi connectivity index (χ2v) is 11.8. The summed E-state index contributed by atoms with van der Waals surface area (Å²) in [6.07, 6.45) is 0. The summed E-state index contributed by atoms with van der Waals surface area (Å²) in [5.41, 5.74) is 6.63. The van der Waals surface area contributed by atoms with E-state index in [0.29, 0.717) is 5.69 Å². The Labute approximate surface area is 259 Å². The number of carbonyl (C=O) groups excluding carboxylic acids is 1. The molecular weight excluding hydrogens is 581 g/mol. The number of fused-ring (bicyclic) bond motifs is 1. The van der Waals surface area contributed by atoms with Crippen molar-refractivity contribution in [2.75, 3.05) is 21.9 Å². The van der Waals surface area contributed by atoms with Gasteiger partial charge in [0.05, 0.1) is 21.7 Å². The standard InChI is InChI=1S/C26H25N5O7S2.Na/c1-3-31(19-7-5-4-6-8-19)39(34,35)24-14-18(28-16(2)32)10-12-22(24)29-30-26-21(27)11-9-17-13-20(40(36,37)38)15-23(33)25(17)26;/h4-15,33H,3,27H2,1-2H3,(H,28,32)(H,36,37,38);. The number of phenols is 1. The Hall–Kier alpha value is -3.53. The number of nitrogens with two attached hydrogens (primary N) is 1. The van der Waals surface area contributed by atoms with Crippen LogP contribution in [-0.2, 0) is 24.9 Å². The van der Waals surface area contributed by atoms with Crippen molar-refractivity contribution >= 4 is 94.8 Å². The van der Waals surface area contributed by atoms with Crippen molar-refractivity contribution in [2.45, 2.75) is 23.6 Å². The summed E-state index contributed by atoms with van der Waals surface area (Å²) >= 11 is 0. The fourth-order valence-corrected chi connectivity index (χ4v) is 6.23. The summed E-state index contributed by atoms with van der Waals surface area (Å²) in [4.78, 5) is 10.9. The summed E-state index contributed by atoms with van der Waals surface area (Å²) in [6, 6.07) is 17.3. The first kappa shape index (κ1) is 32.0. The van der Waals surface area contributed by atoms with Crippen molar-refractivity contribution < 1.29 is 31.3 Å². The number of azo groups is 1. The molecule has 15 heteroatoms. The van der Waals surface area contributed by atoms with Crippen LogP contribution < -0.4 is 15.4 Å². The number of hydrogen-bond donors (Lipinski definition) is 4. The summed E-state index contributed by atoms with van der Waals surface area (Å²) in [7, 11) is -8.84. The van der Waals surface area contributed by atoms with E-state index < -0.39 is 36.7 Å². The van der Waals surface area contributed by atoms with Gasteiger partial charge >= 0.3 is 0 Å². The topological polar surface area (TPSA) is 192 Å². The first-order valence-corrected chi connectivity index (χ1v) is 14.6. The Bertz CT molecular complexity index is 1870. The van der Waals surface area contributed by atoms with Crippen LogP contribution in [0.4, 0.5) is 28.4 Å². The number of nitrogen functional groups attached to an aromatic ring is 1. The molecular formula is C26H25N5NaO7S2. The molecule has 0 heterocycles. The van der Waals surface area contributed by atoms with Crippen LogP contribution in [-0.4, -0.2) is 68.5 Å². The van der Waals surface area contributed by atoms with Crippen LogP contribution in [0.15, 0.2) is 92.8 Å². The smallest absolute Gasteiger partial charge is 0.294 e. The number of hydrogen-bond acceptors (Lipinski definition) is 9. The number of carbonyl (C=O) groups is 1. The molecule has 0 aromatic heterocycles. The molecule has 4 aromatic carbocycles. The second kappa shape index (κ2) is 12.5. The Morgan fingerprint density at radius 3 is 2.27 bits per heavy atom. The molecule has 0 saturated carbocycles. The van der Waals surface area contributed by atoms with Gasteiger partial charge in [-0.05, 0) is 54.8 Å². The molecule has 209 valence electrons. The van der Waals surface area contributed by atoms with Gasteiger partial charge in [0.15, 0.2) is 0 Å². The summed E-state index contributed by atoms with van der Waals surface area (Å²) in [6.45, 7) is 3.05. The van der Waals surface area contributed by atoms with Crippen molar-refractivity contribution in [3.63, 3.8) is 0 Å². The zero-order valence-corrected chi connectivity index (χ0v) is 25.9. The molecule has 5 N–H and O–H groups in total. The summed E-state index contributed by atoms with van der Waals surface area (Å²) < 4.78 is 61.5. The Kier molecular flexibility index (Phi) is 9.79.